The molecule has 7 heteroatoms. The van der Waals surface area contributed by atoms with E-state index in [0.717, 1.165) is 45.4 Å². The molecular weight excluding hydrogens is 453 g/mol. The molecule has 1 amide bonds. The summed E-state index contributed by atoms with van der Waals surface area (Å²) in [7, 11) is 0. The van der Waals surface area contributed by atoms with Crippen LogP contribution in [0.3, 0.4) is 0 Å². The Kier molecular flexibility index (Phi) is 8.40. The minimum absolute atomic E-state index is 0. The Morgan fingerprint density at radius 3 is 2.78 bits per heavy atom. The summed E-state index contributed by atoms with van der Waals surface area (Å²) in [5, 5.41) is 7.83. The van der Waals surface area contributed by atoms with Gasteiger partial charge in [0.25, 0.3) is 0 Å². The van der Waals surface area contributed by atoms with Gasteiger partial charge in [0.1, 0.15) is 6.54 Å². The van der Waals surface area contributed by atoms with E-state index in [1.807, 2.05) is 11.8 Å². The molecule has 148 valence electrons. The van der Waals surface area contributed by atoms with Gasteiger partial charge in [-0.05, 0) is 44.2 Å². The fourth-order valence-corrected chi connectivity index (χ4v) is 3.44. The van der Waals surface area contributed by atoms with E-state index in [1.54, 1.807) is 0 Å². The fourth-order valence-electron chi connectivity index (χ4n) is 3.44. The molecule has 3 N–H and O–H groups in total. The Morgan fingerprint density at radius 2 is 2.04 bits per heavy atom. The third-order valence-electron chi connectivity index (χ3n) is 4.87. The molecule has 1 aromatic carbocycles. The number of aromatic nitrogens is 1. The molecular formula is C20H30IN5O. The maximum atomic E-state index is 12.2. The summed E-state index contributed by atoms with van der Waals surface area (Å²) in [5.74, 6) is 0.822. The highest BCUT2D eigenvalue weighted by Gasteiger charge is 2.17. The molecule has 27 heavy (non-hydrogen) atoms. The number of aliphatic imine (C=N–C) groups is 1. The molecule has 1 aliphatic heterocycles. The number of aryl methyl sites for hydroxylation is 1. The van der Waals surface area contributed by atoms with Crippen molar-refractivity contribution in [2.45, 2.75) is 33.1 Å². The van der Waals surface area contributed by atoms with E-state index in [9.17, 15) is 4.79 Å². The minimum atomic E-state index is 0. The van der Waals surface area contributed by atoms with Gasteiger partial charge in [0.15, 0.2) is 5.96 Å². The number of hydrogen-bond donors (Lipinski definition) is 3. The molecule has 0 bridgehead atoms. The Bertz CT molecular complexity index is 780. The maximum Gasteiger partial charge on any atom is 0.244 e. The highest BCUT2D eigenvalue weighted by molar-refractivity contribution is 14.0. The molecule has 1 aliphatic rings. The molecule has 1 saturated heterocycles. The molecule has 3 rings (SSSR count). The first-order valence-electron chi connectivity index (χ1n) is 9.54. The van der Waals surface area contributed by atoms with Crippen molar-refractivity contribution in [1.29, 1.82) is 0 Å². The standard InChI is InChI=1S/C20H29N5O.HI/c1-3-21-20(24-14-18(26)25-11-4-5-12-25)22-10-9-16-13-23-19-15(2)7-6-8-17(16)19;/h6-8,13,23H,3-5,9-12,14H2,1-2H3,(H2,21,22,24);1H. The second-order valence-corrected chi connectivity index (χ2v) is 6.77. The van der Waals surface area contributed by atoms with Crippen molar-refractivity contribution >= 4 is 46.7 Å². The van der Waals surface area contributed by atoms with E-state index in [1.165, 1.54) is 22.0 Å². The SMILES string of the molecule is CCNC(=NCC(=O)N1CCCC1)NCCc1c[nH]c2c(C)cccc12.I. The van der Waals surface area contributed by atoms with Gasteiger partial charge in [-0.25, -0.2) is 4.99 Å². The first kappa shape index (κ1) is 21.5. The lowest BCUT2D eigenvalue weighted by molar-refractivity contribution is -0.128. The smallest absolute Gasteiger partial charge is 0.244 e. The topological polar surface area (TPSA) is 72.5 Å². The summed E-state index contributed by atoms with van der Waals surface area (Å²) < 4.78 is 0. The van der Waals surface area contributed by atoms with Gasteiger partial charge in [-0.15, -0.1) is 24.0 Å². The largest absolute Gasteiger partial charge is 0.361 e. The van der Waals surface area contributed by atoms with Gasteiger partial charge in [-0.3, -0.25) is 4.79 Å². The summed E-state index contributed by atoms with van der Waals surface area (Å²) in [5.41, 5.74) is 3.76. The molecule has 0 saturated carbocycles. The van der Waals surface area contributed by atoms with Gasteiger partial charge in [-0.2, -0.15) is 0 Å². The number of aromatic amines is 1. The summed E-state index contributed by atoms with van der Waals surface area (Å²) in [4.78, 5) is 21.9. The number of carbonyl (C=O) groups is 1. The number of H-pyrrole nitrogens is 1. The van der Waals surface area contributed by atoms with E-state index in [2.05, 4.69) is 51.9 Å². The van der Waals surface area contributed by atoms with Crippen LogP contribution in [0.4, 0.5) is 0 Å². The molecule has 0 unspecified atom stereocenters. The lowest BCUT2D eigenvalue weighted by Crippen LogP contribution is -2.39. The van der Waals surface area contributed by atoms with Crippen LogP contribution in [0.1, 0.15) is 30.9 Å². The van der Waals surface area contributed by atoms with Crippen molar-refractivity contribution in [3.05, 3.63) is 35.5 Å². The van der Waals surface area contributed by atoms with E-state index < -0.39 is 0 Å². The van der Waals surface area contributed by atoms with Crippen LogP contribution in [-0.2, 0) is 11.2 Å². The number of guanidine groups is 1. The van der Waals surface area contributed by atoms with Crippen molar-refractivity contribution in [2.24, 2.45) is 4.99 Å². The van der Waals surface area contributed by atoms with Crippen LogP contribution in [0.25, 0.3) is 10.9 Å². The zero-order chi connectivity index (χ0) is 18.4. The van der Waals surface area contributed by atoms with Gasteiger partial charge >= 0.3 is 0 Å². The zero-order valence-electron chi connectivity index (χ0n) is 16.2. The number of hydrogen-bond acceptors (Lipinski definition) is 2. The third-order valence-corrected chi connectivity index (χ3v) is 4.87. The Labute approximate surface area is 178 Å². The Morgan fingerprint density at radius 1 is 1.26 bits per heavy atom. The summed E-state index contributed by atoms with van der Waals surface area (Å²) in [6, 6.07) is 6.37. The highest BCUT2D eigenvalue weighted by atomic mass is 127. The number of likely N-dealkylation sites (tertiary alicyclic amines) is 1. The van der Waals surface area contributed by atoms with Crippen LogP contribution in [0, 0.1) is 6.92 Å². The molecule has 1 fully saturated rings. The van der Waals surface area contributed by atoms with Crippen LogP contribution in [0.15, 0.2) is 29.4 Å². The maximum absolute atomic E-state index is 12.2. The van der Waals surface area contributed by atoms with Crippen molar-refractivity contribution in [1.82, 2.24) is 20.5 Å². The van der Waals surface area contributed by atoms with Crippen molar-refractivity contribution in [3.63, 3.8) is 0 Å². The van der Waals surface area contributed by atoms with E-state index >= 15 is 0 Å². The highest BCUT2D eigenvalue weighted by Crippen LogP contribution is 2.21. The first-order valence-corrected chi connectivity index (χ1v) is 9.54. The number of para-hydroxylation sites is 1. The predicted molar refractivity (Wildman–Crippen MR) is 122 cm³/mol. The normalized spacial score (nSPS) is 14.3. The van der Waals surface area contributed by atoms with Crippen LogP contribution < -0.4 is 10.6 Å². The van der Waals surface area contributed by atoms with Gasteiger partial charge in [-0.1, -0.05) is 18.2 Å². The quantitative estimate of drug-likeness (QED) is 0.336. The van der Waals surface area contributed by atoms with Crippen LogP contribution in [0.5, 0.6) is 0 Å². The van der Waals surface area contributed by atoms with Gasteiger partial charge in [0.05, 0.1) is 0 Å². The van der Waals surface area contributed by atoms with Gasteiger partial charge in [0.2, 0.25) is 5.91 Å². The van der Waals surface area contributed by atoms with Crippen LogP contribution >= 0.6 is 24.0 Å². The molecule has 2 aromatic rings. The van der Waals surface area contributed by atoms with E-state index in [4.69, 9.17) is 0 Å². The number of fused-ring (bicyclic) bond motifs is 1. The predicted octanol–water partition coefficient (Wildman–Crippen LogP) is 2.81. The first-order chi connectivity index (χ1) is 12.7. The zero-order valence-corrected chi connectivity index (χ0v) is 18.5. The van der Waals surface area contributed by atoms with Crippen molar-refractivity contribution < 1.29 is 4.79 Å². The van der Waals surface area contributed by atoms with Crippen LogP contribution in [0.2, 0.25) is 0 Å². The average Bonchev–Trinajstić information content (AvgIpc) is 3.30. The molecule has 0 spiro atoms. The number of carbonyl (C=O) groups excluding carboxylic acids is 1. The number of halogens is 1. The Balaban J connectivity index is 0.00000261. The number of rotatable bonds is 6. The van der Waals surface area contributed by atoms with Crippen molar-refractivity contribution in [2.75, 3.05) is 32.7 Å². The number of nitrogens with zero attached hydrogens (tertiary/aromatic N) is 2. The third kappa shape index (κ3) is 5.60. The molecule has 0 atom stereocenters. The lowest BCUT2D eigenvalue weighted by atomic mass is 10.1. The van der Waals surface area contributed by atoms with Crippen molar-refractivity contribution in [3.8, 4) is 0 Å². The molecule has 2 heterocycles. The molecule has 1 aromatic heterocycles. The lowest BCUT2D eigenvalue weighted by Gasteiger charge is -2.15. The summed E-state index contributed by atoms with van der Waals surface area (Å²) in [6.07, 6.45) is 5.20. The van der Waals surface area contributed by atoms with E-state index in [0.29, 0.717) is 5.96 Å². The number of amides is 1. The fraction of sp³-hybridized carbons (Fsp3) is 0.500. The second kappa shape index (κ2) is 10.5. The monoisotopic (exact) mass is 483 g/mol. The minimum Gasteiger partial charge on any atom is -0.361 e. The molecule has 0 radical (unpaired) electrons. The number of nitrogens with one attached hydrogen (secondary N) is 3. The number of benzene rings is 1. The molecule has 0 aliphatic carbocycles. The second-order valence-electron chi connectivity index (χ2n) is 6.77. The molecule has 6 nitrogen and oxygen atoms in total. The Hall–Kier alpha value is -1.77. The van der Waals surface area contributed by atoms with Crippen LogP contribution in [-0.4, -0.2) is 54.5 Å². The van der Waals surface area contributed by atoms with Gasteiger partial charge in [0, 0.05) is 43.3 Å². The summed E-state index contributed by atoms with van der Waals surface area (Å²) >= 11 is 0. The average molecular weight is 483 g/mol. The summed E-state index contributed by atoms with van der Waals surface area (Å²) in [6.45, 7) is 7.65. The van der Waals surface area contributed by atoms with Gasteiger partial charge < -0.3 is 20.5 Å². The van der Waals surface area contributed by atoms with E-state index in [-0.39, 0.29) is 36.4 Å².